The van der Waals surface area contributed by atoms with Crippen LogP contribution >= 0.6 is 15.9 Å². The summed E-state index contributed by atoms with van der Waals surface area (Å²) in [5.74, 6) is 0.151. The predicted molar refractivity (Wildman–Crippen MR) is 90.6 cm³/mol. The average Bonchev–Trinajstić information content (AvgIpc) is 2.46. The number of esters is 1. The molecule has 6 nitrogen and oxygen atoms in total. The first-order chi connectivity index (χ1) is 10.8. The normalized spacial score (nSPS) is 10.9. The van der Waals surface area contributed by atoms with E-state index in [2.05, 4.69) is 20.7 Å². The van der Waals surface area contributed by atoms with Gasteiger partial charge in [0, 0.05) is 10.5 Å². The zero-order valence-electron chi connectivity index (χ0n) is 12.4. The summed E-state index contributed by atoms with van der Waals surface area (Å²) in [7, 11) is -1.91. The highest BCUT2D eigenvalue weighted by Crippen LogP contribution is 2.25. The molecule has 122 valence electrons. The summed E-state index contributed by atoms with van der Waals surface area (Å²) < 4.78 is 35.7. The highest BCUT2D eigenvalue weighted by molar-refractivity contribution is 9.10. The van der Waals surface area contributed by atoms with E-state index in [0.717, 1.165) is 6.26 Å². The lowest BCUT2D eigenvalue weighted by atomic mass is 10.2. The van der Waals surface area contributed by atoms with Gasteiger partial charge in [-0.2, -0.15) is 0 Å². The molecule has 0 aliphatic carbocycles. The maximum atomic E-state index is 12.3. The fourth-order valence-corrected chi connectivity index (χ4v) is 2.75. The van der Waals surface area contributed by atoms with E-state index in [1.165, 1.54) is 13.2 Å². The fraction of sp³-hybridized carbons (Fsp3) is 0.133. The Kier molecular flexibility index (Phi) is 5.27. The van der Waals surface area contributed by atoms with Gasteiger partial charge in [0.25, 0.3) is 0 Å². The van der Waals surface area contributed by atoms with Crippen LogP contribution in [0.1, 0.15) is 10.4 Å². The van der Waals surface area contributed by atoms with E-state index in [9.17, 15) is 13.2 Å². The van der Waals surface area contributed by atoms with Crippen molar-refractivity contribution in [2.24, 2.45) is 0 Å². The molecule has 0 saturated carbocycles. The standard InChI is InChI=1S/C15H14BrNO5S/c1-21-11-6-7-14(16)13(9-11)15(18)22-12-5-3-4-10(8-12)17-23(2,19)20/h3-9,17H,1-2H3. The largest absolute Gasteiger partial charge is 0.497 e. The number of ether oxygens (including phenoxy) is 2. The Morgan fingerprint density at radius 2 is 1.87 bits per heavy atom. The van der Waals surface area contributed by atoms with Gasteiger partial charge in [0.15, 0.2) is 0 Å². The molecule has 23 heavy (non-hydrogen) atoms. The van der Waals surface area contributed by atoms with Crippen molar-refractivity contribution in [1.82, 2.24) is 0 Å². The summed E-state index contributed by atoms with van der Waals surface area (Å²) in [5.41, 5.74) is 0.605. The first-order valence-electron chi connectivity index (χ1n) is 6.42. The number of benzene rings is 2. The average molecular weight is 400 g/mol. The Balaban J connectivity index is 2.22. The van der Waals surface area contributed by atoms with Gasteiger partial charge < -0.3 is 9.47 Å². The van der Waals surface area contributed by atoms with Crippen molar-refractivity contribution in [1.29, 1.82) is 0 Å². The van der Waals surface area contributed by atoms with Gasteiger partial charge >= 0.3 is 5.97 Å². The van der Waals surface area contributed by atoms with Crippen molar-refractivity contribution in [2.45, 2.75) is 0 Å². The summed E-state index contributed by atoms with van der Waals surface area (Å²) in [4.78, 5) is 12.3. The second kappa shape index (κ2) is 7.01. The Morgan fingerprint density at radius 1 is 1.13 bits per heavy atom. The molecule has 0 aliphatic heterocycles. The van der Waals surface area contributed by atoms with Gasteiger partial charge in [-0.15, -0.1) is 0 Å². The number of carbonyl (C=O) groups is 1. The third kappa shape index (κ3) is 4.97. The lowest BCUT2D eigenvalue weighted by Gasteiger charge is -2.09. The van der Waals surface area contributed by atoms with E-state index in [4.69, 9.17) is 9.47 Å². The van der Waals surface area contributed by atoms with E-state index in [1.54, 1.807) is 36.4 Å². The summed E-state index contributed by atoms with van der Waals surface area (Å²) in [5, 5.41) is 0. The van der Waals surface area contributed by atoms with Crippen LogP contribution in [0.5, 0.6) is 11.5 Å². The number of anilines is 1. The van der Waals surface area contributed by atoms with Crippen molar-refractivity contribution in [3.63, 3.8) is 0 Å². The smallest absolute Gasteiger partial charge is 0.344 e. The van der Waals surface area contributed by atoms with E-state index < -0.39 is 16.0 Å². The predicted octanol–water partition coefficient (Wildman–Crippen LogP) is 3.05. The molecule has 8 heteroatoms. The molecule has 0 radical (unpaired) electrons. The molecule has 0 aliphatic rings. The minimum atomic E-state index is -3.40. The maximum absolute atomic E-state index is 12.3. The monoisotopic (exact) mass is 399 g/mol. The van der Waals surface area contributed by atoms with Gasteiger partial charge in [-0.25, -0.2) is 13.2 Å². The fourth-order valence-electron chi connectivity index (χ4n) is 1.79. The summed E-state index contributed by atoms with van der Waals surface area (Å²) in [6, 6.07) is 11.0. The number of methoxy groups -OCH3 is 1. The van der Waals surface area contributed by atoms with Crippen LogP contribution in [0.3, 0.4) is 0 Å². The number of rotatable bonds is 5. The Morgan fingerprint density at radius 3 is 2.52 bits per heavy atom. The molecule has 0 fully saturated rings. The van der Waals surface area contributed by atoms with Gasteiger partial charge in [0.2, 0.25) is 10.0 Å². The second-order valence-electron chi connectivity index (χ2n) is 4.64. The third-order valence-electron chi connectivity index (χ3n) is 2.74. The van der Waals surface area contributed by atoms with Crippen molar-refractivity contribution < 1.29 is 22.7 Å². The Hall–Kier alpha value is -2.06. The molecule has 0 amide bonds. The lowest BCUT2D eigenvalue weighted by Crippen LogP contribution is -2.11. The third-order valence-corrected chi connectivity index (χ3v) is 4.04. The minimum Gasteiger partial charge on any atom is -0.497 e. The number of hydrogen-bond acceptors (Lipinski definition) is 5. The van der Waals surface area contributed by atoms with E-state index in [1.807, 2.05) is 0 Å². The molecule has 0 atom stereocenters. The molecule has 0 aromatic heterocycles. The Labute approximate surface area is 142 Å². The molecule has 0 saturated heterocycles. The molecule has 2 aromatic rings. The van der Waals surface area contributed by atoms with Gasteiger partial charge in [0.1, 0.15) is 11.5 Å². The summed E-state index contributed by atoms with van der Waals surface area (Å²) in [6.07, 6.45) is 1.04. The van der Waals surface area contributed by atoms with Crippen LogP contribution in [-0.4, -0.2) is 27.8 Å². The van der Waals surface area contributed by atoms with Crippen LogP contribution in [-0.2, 0) is 10.0 Å². The number of nitrogens with one attached hydrogen (secondary N) is 1. The number of sulfonamides is 1. The van der Waals surface area contributed by atoms with E-state index >= 15 is 0 Å². The molecule has 2 rings (SSSR count). The molecule has 2 aromatic carbocycles. The molecular formula is C15H14BrNO5S. The molecular weight excluding hydrogens is 386 g/mol. The van der Waals surface area contributed by atoms with E-state index in [0.29, 0.717) is 21.5 Å². The lowest BCUT2D eigenvalue weighted by molar-refractivity contribution is 0.0733. The summed E-state index contributed by atoms with van der Waals surface area (Å²) >= 11 is 3.28. The summed E-state index contributed by atoms with van der Waals surface area (Å²) in [6.45, 7) is 0. The van der Waals surface area contributed by atoms with Crippen LogP contribution in [0, 0.1) is 0 Å². The van der Waals surface area contributed by atoms with Gasteiger partial charge in [-0.3, -0.25) is 4.72 Å². The van der Waals surface area contributed by atoms with Crippen molar-refractivity contribution in [3.05, 3.63) is 52.5 Å². The molecule has 0 bridgehead atoms. The van der Waals surface area contributed by atoms with Crippen molar-refractivity contribution in [3.8, 4) is 11.5 Å². The minimum absolute atomic E-state index is 0.221. The van der Waals surface area contributed by atoms with Crippen molar-refractivity contribution in [2.75, 3.05) is 18.1 Å². The molecule has 0 unspecified atom stereocenters. The van der Waals surface area contributed by atoms with Gasteiger partial charge in [0.05, 0.1) is 24.6 Å². The molecule has 0 spiro atoms. The second-order valence-corrected chi connectivity index (χ2v) is 7.24. The Bertz CT molecular complexity index is 836. The number of halogens is 1. The molecule has 0 heterocycles. The van der Waals surface area contributed by atoms with E-state index in [-0.39, 0.29) is 5.75 Å². The quantitative estimate of drug-likeness (QED) is 0.616. The van der Waals surface area contributed by atoms with Gasteiger partial charge in [-0.05, 0) is 46.3 Å². The SMILES string of the molecule is COc1ccc(Br)c(C(=O)Oc2cccc(NS(C)(=O)=O)c2)c1. The first kappa shape index (κ1) is 17.3. The molecule has 1 N–H and O–H groups in total. The number of hydrogen-bond donors (Lipinski definition) is 1. The van der Waals surface area contributed by atoms with Crippen molar-refractivity contribution >= 4 is 37.6 Å². The maximum Gasteiger partial charge on any atom is 0.344 e. The van der Waals surface area contributed by atoms with Crippen LogP contribution < -0.4 is 14.2 Å². The topological polar surface area (TPSA) is 81.7 Å². The number of carbonyl (C=O) groups excluding carboxylic acids is 1. The van der Waals surface area contributed by atoms with Crippen LogP contribution in [0.2, 0.25) is 0 Å². The van der Waals surface area contributed by atoms with Gasteiger partial charge in [-0.1, -0.05) is 6.07 Å². The zero-order chi connectivity index (χ0) is 17.0. The first-order valence-corrected chi connectivity index (χ1v) is 9.10. The van der Waals surface area contributed by atoms with Crippen LogP contribution in [0.4, 0.5) is 5.69 Å². The van der Waals surface area contributed by atoms with Crippen LogP contribution in [0.25, 0.3) is 0 Å². The highest BCUT2D eigenvalue weighted by Gasteiger charge is 2.14. The highest BCUT2D eigenvalue weighted by atomic mass is 79.9. The zero-order valence-corrected chi connectivity index (χ0v) is 14.8. The van der Waals surface area contributed by atoms with Crippen LogP contribution in [0.15, 0.2) is 46.9 Å².